The van der Waals surface area contributed by atoms with Crippen molar-refractivity contribution in [2.24, 2.45) is 0 Å². The summed E-state index contributed by atoms with van der Waals surface area (Å²) < 4.78 is 39.6. The normalized spacial score (nSPS) is 11.6. The number of rotatable bonds is 5. The minimum atomic E-state index is -4.45. The molecular formula is C16H13F3N4OS. The zero-order valence-electron chi connectivity index (χ0n) is 12.8. The van der Waals surface area contributed by atoms with Crippen molar-refractivity contribution >= 4 is 23.3 Å². The number of aromatic nitrogens is 3. The maximum Gasteiger partial charge on any atom is 0.417 e. The lowest BCUT2D eigenvalue weighted by atomic mass is 10.3. The van der Waals surface area contributed by atoms with Crippen LogP contribution >= 0.6 is 11.8 Å². The monoisotopic (exact) mass is 366 g/mol. The summed E-state index contributed by atoms with van der Waals surface area (Å²) in [4.78, 5) is 12.9. The zero-order valence-corrected chi connectivity index (χ0v) is 13.6. The average Bonchev–Trinajstić information content (AvgIpc) is 3.00. The molecule has 2 aromatic heterocycles. The first-order chi connectivity index (χ1) is 11.9. The van der Waals surface area contributed by atoms with Crippen molar-refractivity contribution in [1.29, 1.82) is 0 Å². The molecule has 9 heteroatoms. The summed E-state index contributed by atoms with van der Waals surface area (Å²) in [6.07, 6.45) is -3.53. The van der Waals surface area contributed by atoms with Crippen LogP contribution in [0.1, 0.15) is 11.4 Å². The summed E-state index contributed by atoms with van der Waals surface area (Å²) in [5, 5.41) is 10.3. The molecule has 0 aliphatic heterocycles. The number of benzene rings is 1. The fourth-order valence-electron chi connectivity index (χ4n) is 2.12. The maximum absolute atomic E-state index is 12.8. The highest BCUT2D eigenvalue weighted by Crippen LogP contribution is 2.29. The van der Waals surface area contributed by atoms with E-state index >= 15 is 0 Å². The Bertz CT molecular complexity index is 880. The second kappa shape index (κ2) is 7.14. The summed E-state index contributed by atoms with van der Waals surface area (Å²) in [6.45, 7) is -0.00331. The van der Waals surface area contributed by atoms with Crippen LogP contribution in [0, 0.1) is 0 Å². The summed E-state index contributed by atoms with van der Waals surface area (Å²) in [6, 6.07) is 11.6. The van der Waals surface area contributed by atoms with Crippen LogP contribution in [0.25, 0.3) is 5.65 Å². The van der Waals surface area contributed by atoms with Gasteiger partial charge < -0.3 is 5.32 Å². The summed E-state index contributed by atoms with van der Waals surface area (Å²) >= 11 is 1.37. The van der Waals surface area contributed by atoms with Crippen LogP contribution < -0.4 is 5.32 Å². The third kappa shape index (κ3) is 4.30. The maximum atomic E-state index is 12.8. The van der Waals surface area contributed by atoms with Gasteiger partial charge in [-0.2, -0.15) is 13.2 Å². The average molecular weight is 366 g/mol. The van der Waals surface area contributed by atoms with Gasteiger partial charge in [0.15, 0.2) is 11.5 Å². The van der Waals surface area contributed by atoms with E-state index in [0.717, 1.165) is 17.2 Å². The Labute approximate surface area is 145 Å². The van der Waals surface area contributed by atoms with Crippen LogP contribution in [0.5, 0.6) is 0 Å². The van der Waals surface area contributed by atoms with Crippen molar-refractivity contribution in [3.05, 3.63) is 60.0 Å². The number of fused-ring (bicyclic) bond motifs is 1. The minimum absolute atomic E-state index is 0.00331. The van der Waals surface area contributed by atoms with Crippen molar-refractivity contribution in [2.75, 3.05) is 5.75 Å². The first-order valence-corrected chi connectivity index (χ1v) is 8.27. The topological polar surface area (TPSA) is 59.3 Å². The molecule has 25 heavy (non-hydrogen) atoms. The number of carbonyl (C=O) groups excluding carboxylic acids is 1. The molecule has 2 heterocycles. The van der Waals surface area contributed by atoms with Crippen LogP contribution in [-0.4, -0.2) is 26.3 Å². The Hall–Kier alpha value is -2.55. The number of nitrogens with zero attached hydrogens (tertiary/aromatic N) is 3. The molecule has 0 atom stereocenters. The first-order valence-electron chi connectivity index (χ1n) is 7.29. The molecule has 0 saturated carbocycles. The molecule has 130 valence electrons. The number of carbonyl (C=O) groups is 1. The van der Waals surface area contributed by atoms with Crippen LogP contribution in [0.15, 0.2) is 53.6 Å². The highest BCUT2D eigenvalue weighted by atomic mass is 32.2. The fraction of sp³-hybridized carbons (Fsp3) is 0.188. The van der Waals surface area contributed by atoms with Crippen molar-refractivity contribution in [2.45, 2.75) is 17.6 Å². The molecule has 1 amide bonds. The van der Waals surface area contributed by atoms with Crippen molar-refractivity contribution in [3.63, 3.8) is 0 Å². The van der Waals surface area contributed by atoms with E-state index in [1.165, 1.54) is 22.2 Å². The molecule has 0 spiro atoms. The number of nitrogens with one attached hydrogen (secondary N) is 1. The van der Waals surface area contributed by atoms with Gasteiger partial charge in [0.1, 0.15) is 0 Å². The van der Waals surface area contributed by atoms with E-state index in [2.05, 4.69) is 15.5 Å². The first kappa shape index (κ1) is 17.3. The van der Waals surface area contributed by atoms with Gasteiger partial charge in [-0.25, -0.2) is 0 Å². The van der Waals surface area contributed by atoms with Crippen LogP contribution in [0.2, 0.25) is 0 Å². The van der Waals surface area contributed by atoms with E-state index in [1.54, 1.807) is 0 Å². The molecule has 0 saturated heterocycles. The molecule has 1 N–H and O–H groups in total. The molecule has 0 unspecified atom stereocenters. The summed E-state index contributed by atoms with van der Waals surface area (Å²) in [7, 11) is 0. The van der Waals surface area contributed by atoms with Gasteiger partial charge in [0, 0.05) is 11.1 Å². The third-order valence-corrected chi connectivity index (χ3v) is 4.37. The standard InChI is InChI=1S/C16H13F3N4OS/c17-16(18,19)11-6-7-13-21-22-14(23(13)9-11)8-20-15(24)10-25-12-4-2-1-3-5-12/h1-7,9H,8,10H2,(H,20,24). The fourth-order valence-corrected chi connectivity index (χ4v) is 2.87. The van der Waals surface area contributed by atoms with Gasteiger partial charge in [0.05, 0.1) is 17.9 Å². The largest absolute Gasteiger partial charge is 0.417 e. The number of thioether (sulfide) groups is 1. The van der Waals surface area contributed by atoms with Crippen LogP contribution in [-0.2, 0) is 17.5 Å². The Balaban J connectivity index is 1.63. The predicted molar refractivity (Wildman–Crippen MR) is 87.0 cm³/mol. The molecule has 0 radical (unpaired) electrons. The highest BCUT2D eigenvalue weighted by molar-refractivity contribution is 8.00. The molecule has 3 aromatic rings. The Morgan fingerprint density at radius 2 is 1.88 bits per heavy atom. The number of hydrogen-bond acceptors (Lipinski definition) is 4. The number of amides is 1. The molecule has 0 aliphatic carbocycles. The van der Waals surface area contributed by atoms with E-state index in [0.29, 0.717) is 0 Å². The lowest BCUT2D eigenvalue weighted by Gasteiger charge is -2.08. The van der Waals surface area contributed by atoms with Gasteiger partial charge in [-0.05, 0) is 24.3 Å². The van der Waals surface area contributed by atoms with E-state index in [9.17, 15) is 18.0 Å². The summed E-state index contributed by atoms with van der Waals surface area (Å²) in [5.41, 5.74) is -0.511. The van der Waals surface area contributed by atoms with E-state index < -0.39 is 11.7 Å². The van der Waals surface area contributed by atoms with Gasteiger partial charge in [0.25, 0.3) is 0 Å². The van der Waals surface area contributed by atoms with E-state index in [-0.39, 0.29) is 29.7 Å². The van der Waals surface area contributed by atoms with E-state index in [4.69, 9.17) is 0 Å². The highest BCUT2D eigenvalue weighted by Gasteiger charge is 2.31. The van der Waals surface area contributed by atoms with Gasteiger partial charge in [-0.15, -0.1) is 22.0 Å². The van der Waals surface area contributed by atoms with E-state index in [1.807, 2.05) is 30.3 Å². The number of halogens is 3. The van der Waals surface area contributed by atoms with Crippen molar-refractivity contribution in [3.8, 4) is 0 Å². The molecule has 3 rings (SSSR count). The molecule has 0 fully saturated rings. The van der Waals surface area contributed by atoms with Gasteiger partial charge in [0.2, 0.25) is 5.91 Å². The molecule has 5 nitrogen and oxygen atoms in total. The zero-order chi connectivity index (χ0) is 17.9. The van der Waals surface area contributed by atoms with Crippen molar-refractivity contribution in [1.82, 2.24) is 19.9 Å². The smallest absolute Gasteiger partial charge is 0.348 e. The molecule has 1 aromatic carbocycles. The second-order valence-electron chi connectivity index (χ2n) is 5.14. The third-order valence-electron chi connectivity index (χ3n) is 3.36. The number of pyridine rings is 1. The van der Waals surface area contributed by atoms with Gasteiger partial charge in [-0.3, -0.25) is 9.20 Å². The summed E-state index contributed by atoms with van der Waals surface area (Å²) in [5.74, 6) is 0.200. The SMILES string of the molecule is O=C(CSc1ccccc1)NCc1nnc2ccc(C(F)(F)F)cn12. The molecular weight excluding hydrogens is 353 g/mol. The predicted octanol–water partition coefficient (Wildman–Crippen LogP) is 3.16. The lowest BCUT2D eigenvalue weighted by molar-refractivity contribution is -0.137. The van der Waals surface area contributed by atoms with Gasteiger partial charge >= 0.3 is 6.18 Å². The van der Waals surface area contributed by atoms with Gasteiger partial charge in [-0.1, -0.05) is 18.2 Å². The van der Waals surface area contributed by atoms with Crippen molar-refractivity contribution < 1.29 is 18.0 Å². The molecule has 0 aliphatic rings. The van der Waals surface area contributed by atoms with Crippen LogP contribution in [0.3, 0.4) is 0 Å². The lowest BCUT2D eigenvalue weighted by Crippen LogP contribution is -2.25. The quantitative estimate of drug-likeness (QED) is 0.705. The Morgan fingerprint density at radius 1 is 1.12 bits per heavy atom. The second-order valence-corrected chi connectivity index (χ2v) is 6.19. The number of alkyl halides is 3. The van der Waals surface area contributed by atoms with Crippen LogP contribution in [0.4, 0.5) is 13.2 Å². The minimum Gasteiger partial charge on any atom is -0.348 e. The molecule has 0 bridgehead atoms. The Morgan fingerprint density at radius 3 is 2.60 bits per heavy atom. The Kier molecular flexibility index (Phi) is 4.93. The number of hydrogen-bond donors (Lipinski definition) is 1.